The van der Waals surface area contributed by atoms with E-state index < -0.39 is 0 Å². The third-order valence-electron chi connectivity index (χ3n) is 3.19. The number of rotatable bonds is 3. The maximum absolute atomic E-state index is 5.58. The van der Waals surface area contributed by atoms with Crippen LogP contribution < -0.4 is 4.74 Å². The Balaban J connectivity index is 1.61. The molecule has 0 spiro atoms. The SMILES string of the molecule is c1ccc(Oc2ncc(-c3ccn4ncnc4c3)cn2)cc1. The zero-order valence-corrected chi connectivity index (χ0v) is 11.5. The van der Waals surface area contributed by atoms with Crippen LogP contribution in [0.4, 0.5) is 0 Å². The summed E-state index contributed by atoms with van der Waals surface area (Å²) in [4.78, 5) is 12.6. The lowest BCUT2D eigenvalue weighted by Gasteiger charge is -2.05. The summed E-state index contributed by atoms with van der Waals surface area (Å²) in [5.41, 5.74) is 2.65. The molecule has 0 saturated carbocycles. The Labute approximate surface area is 126 Å². The van der Waals surface area contributed by atoms with Gasteiger partial charge in [0.15, 0.2) is 5.65 Å². The molecule has 0 amide bonds. The Bertz CT molecular complexity index is 903. The highest BCUT2D eigenvalue weighted by Gasteiger charge is 2.04. The first-order valence-electron chi connectivity index (χ1n) is 6.73. The van der Waals surface area contributed by atoms with E-state index in [9.17, 15) is 0 Å². The summed E-state index contributed by atoms with van der Waals surface area (Å²) >= 11 is 0. The molecule has 3 aromatic heterocycles. The molecule has 0 fully saturated rings. The van der Waals surface area contributed by atoms with Crippen LogP contribution in [0.5, 0.6) is 11.8 Å². The van der Waals surface area contributed by atoms with Gasteiger partial charge in [0.05, 0.1) is 0 Å². The molecule has 0 unspecified atom stereocenters. The van der Waals surface area contributed by atoms with Crippen LogP contribution >= 0.6 is 0 Å². The van der Waals surface area contributed by atoms with Crippen LogP contribution in [0.2, 0.25) is 0 Å². The van der Waals surface area contributed by atoms with Gasteiger partial charge >= 0.3 is 6.01 Å². The highest BCUT2D eigenvalue weighted by molar-refractivity contribution is 5.65. The minimum absolute atomic E-state index is 0.318. The Morgan fingerprint density at radius 1 is 0.864 bits per heavy atom. The number of hydrogen-bond acceptors (Lipinski definition) is 5. The van der Waals surface area contributed by atoms with Crippen LogP contribution in [0, 0.1) is 0 Å². The molecule has 3 heterocycles. The van der Waals surface area contributed by atoms with Gasteiger partial charge in [-0.15, -0.1) is 0 Å². The molecule has 0 aliphatic rings. The molecule has 0 radical (unpaired) electrons. The Kier molecular flexibility index (Phi) is 2.97. The fourth-order valence-electron chi connectivity index (χ4n) is 2.11. The van der Waals surface area contributed by atoms with Crippen LogP contribution in [-0.4, -0.2) is 24.6 Å². The van der Waals surface area contributed by atoms with Crippen molar-refractivity contribution in [1.82, 2.24) is 24.6 Å². The first-order valence-corrected chi connectivity index (χ1v) is 6.73. The average molecular weight is 289 g/mol. The maximum atomic E-state index is 5.58. The Hall–Kier alpha value is -3.28. The van der Waals surface area contributed by atoms with E-state index >= 15 is 0 Å². The second-order valence-corrected chi connectivity index (χ2v) is 4.65. The molecular formula is C16H11N5O. The summed E-state index contributed by atoms with van der Waals surface area (Å²) in [5.74, 6) is 0.708. The number of ether oxygens (including phenoxy) is 1. The highest BCUT2D eigenvalue weighted by Crippen LogP contribution is 2.21. The van der Waals surface area contributed by atoms with E-state index in [0.29, 0.717) is 11.8 Å². The van der Waals surface area contributed by atoms with Gasteiger partial charge in [0, 0.05) is 24.2 Å². The standard InChI is InChI=1S/C16H11N5O/c1-2-4-14(5-3-1)22-16-17-9-13(10-18-16)12-6-7-21-15(8-12)19-11-20-21/h1-11H. The number of fused-ring (bicyclic) bond motifs is 1. The lowest BCUT2D eigenvalue weighted by atomic mass is 10.1. The van der Waals surface area contributed by atoms with Gasteiger partial charge in [-0.25, -0.2) is 19.5 Å². The molecule has 6 nitrogen and oxygen atoms in total. The predicted octanol–water partition coefficient (Wildman–Crippen LogP) is 2.98. The van der Waals surface area contributed by atoms with E-state index in [2.05, 4.69) is 20.1 Å². The first kappa shape index (κ1) is 12.5. The summed E-state index contributed by atoms with van der Waals surface area (Å²) < 4.78 is 7.28. The van der Waals surface area contributed by atoms with Gasteiger partial charge in [0.2, 0.25) is 0 Å². The lowest BCUT2D eigenvalue weighted by Crippen LogP contribution is -1.93. The summed E-state index contributed by atoms with van der Waals surface area (Å²) in [6.07, 6.45) is 6.83. The van der Waals surface area contributed by atoms with Gasteiger partial charge in [-0.1, -0.05) is 18.2 Å². The highest BCUT2D eigenvalue weighted by atomic mass is 16.5. The van der Waals surface area contributed by atoms with E-state index in [0.717, 1.165) is 16.8 Å². The molecule has 4 rings (SSSR count). The van der Waals surface area contributed by atoms with E-state index in [1.807, 2.05) is 48.7 Å². The molecule has 0 aliphatic carbocycles. The van der Waals surface area contributed by atoms with Crippen molar-refractivity contribution in [3.05, 3.63) is 67.4 Å². The third kappa shape index (κ3) is 2.37. The van der Waals surface area contributed by atoms with E-state index in [1.54, 1.807) is 16.9 Å². The minimum Gasteiger partial charge on any atom is -0.424 e. The van der Waals surface area contributed by atoms with Crippen molar-refractivity contribution < 1.29 is 4.74 Å². The van der Waals surface area contributed by atoms with Gasteiger partial charge in [0.1, 0.15) is 12.1 Å². The van der Waals surface area contributed by atoms with Crippen molar-refractivity contribution >= 4 is 5.65 Å². The third-order valence-corrected chi connectivity index (χ3v) is 3.19. The summed E-state index contributed by atoms with van der Waals surface area (Å²) in [6.45, 7) is 0. The van der Waals surface area contributed by atoms with Crippen LogP contribution in [0.25, 0.3) is 16.8 Å². The van der Waals surface area contributed by atoms with E-state index in [-0.39, 0.29) is 0 Å². The van der Waals surface area contributed by atoms with Crippen molar-refractivity contribution in [3.8, 4) is 22.9 Å². The fourth-order valence-corrected chi connectivity index (χ4v) is 2.11. The van der Waals surface area contributed by atoms with Gasteiger partial charge in [-0.2, -0.15) is 5.10 Å². The zero-order chi connectivity index (χ0) is 14.8. The Morgan fingerprint density at radius 3 is 2.50 bits per heavy atom. The summed E-state index contributed by atoms with van der Waals surface area (Å²) in [7, 11) is 0. The molecule has 0 N–H and O–H groups in total. The van der Waals surface area contributed by atoms with Crippen LogP contribution in [0.3, 0.4) is 0 Å². The monoisotopic (exact) mass is 289 g/mol. The smallest absolute Gasteiger partial charge is 0.321 e. The van der Waals surface area contributed by atoms with Gasteiger partial charge < -0.3 is 4.74 Å². The molecule has 6 heteroatoms. The largest absolute Gasteiger partial charge is 0.424 e. The van der Waals surface area contributed by atoms with E-state index in [4.69, 9.17) is 4.74 Å². The first-order chi connectivity index (χ1) is 10.9. The molecule has 0 aliphatic heterocycles. The molecule has 0 bridgehead atoms. The van der Waals surface area contributed by atoms with Crippen molar-refractivity contribution in [2.75, 3.05) is 0 Å². The van der Waals surface area contributed by atoms with Crippen molar-refractivity contribution in [2.45, 2.75) is 0 Å². The number of pyridine rings is 1. The minimum atomic E-state index is 0.318. The van der Waals surface area contributed by atoms with Gasteiger partial charge in [-0.3, -0.25) is 0 Å². The van der Waals surface area contributed by atoms with Gasteiger partial charge in [0.25, 0.3) is 0 Å². The molecule has 0 atom stereocenters. The molecule has 4 aromatic rings. The normalized spacial score (nSPS) is 10.7. The Morgan fingerprint density at radius 2 is 1.68 bits per heavy atom. The van der Waals surface area contributed by atoms with Crippen LogP contribution in [-0.2, 0) is 0 Å². The van der Waals surface area contributed by atoms with Crippen molar-refractivity contribution in [2.24, 2.45) is 0 Å². The van der Waals surface area contributed by atoms with Gasteiger partial charge in [-0.05, 0) is 29.8 Å². The average Bonchev–Trinajstić information content (AvgIpc) is 3.04. The topological polar surface area (TPSA) is 65.2 Å². The van der Waals surface area contributed by atoms with Crippen molar-refractivity contribution in [1.29, 1.82) is 0 Å². The number of hydrogen-bond donors (Lipinski definition) is 0. The fraction of sp³-hybridized carbons (Fsp3) is 0. The molecule has 0 saturated heterocycles. The maximum Gasteiger partial charge on any atom is 0.321 e. The van der Waals surface area contributed by atoms with Crippen molar-refractivity contribution in [3.63, 3.8) is 0 Å². The van der Waals surface area contributed by atoms with E-state index in [1.165, 1.54) is 6.33 Å². The summed E-state index contributed by atoms with van der Waals surface area (Å²) in [5, 5.41) is 4.07. The molecular weight excluding hydrogens is 278 g/mol. The quantitative estimate of drug-likeness (QED) is 0.580. The molecule has 22 heavy (non-hydrogen) atoms. The number of aromatic nitrogens is 5. The lowest BCUT2D eigenvalue weighted by molar-refractivity contribution is 0.442. The number of benzene rings is 1. The number of para-hydroxylation sites is 1. The second-order valence-electron chi connectivity index (χ2n) is 4.65. The molecule has 1 aromatic carbocycles. The van der Waals surface area contributed by atoms with Crippen LogP contribution in [0.15, 0.2) is 67.4 Å². The molecule has 106 valence electrons. The second kappa shape index (κ2) is 5.25. The predicted molar refractivity (Wildman–Crippen MR) is 80.5 cm³/mol. The number of nitrogens with zero attached hydrogens (tertiary/aromatic N) is 5. The zero-order valence-electron chi connectivity index (χ0n) is 11.5. The van der Waals surface area contributed by atoms with Crippen LogP contribution in [0.1, 0.15) is 0 Å². The summed E-state index contributed by atoms with van der Waals surface area (Å²) in [6, 6.07) is 13.6.